The molecule has 0 aliphatic carbocycles. The molecular weight excluding hydrogens is 390 g/mol. The van der Waals surface area contributed by atoms with Crippen LogP contribution in [-0.2, 0) is 39.8 Å². The van der Waals surface area contributed by atoms with Crippen LogP contribution in [0.15, 0.2) is 42.5 Å². The molecule has 160 valence electrons. The predicted molar refractivity (Wildman–Crippen MR) is 108 cm³/mol. The Morgan fingerprint density at radius 1 is 0.833 bits per heavy atom. The summed E-state index contributed by atoms with van der Waals surface area (Å²) in [6.45, 7) is 1.47. The highest BCUT2D eigenvalue weighted by Gasteiger charge is 2.42. The minimum Gasteiger partial charge on any atom is -0.468 e. The lowest BCUT2D eigenvalue weighted by molar-refractivity contribution is -0.163. The largest absolute Gasteiger partial charge is 0.468 e. The SMILES string of the molecule is COC(=O)C(C(=O)OC)[C@H](C)[C@H](NC(=O)Cc1ccc2ccccc2c1)C(=O)OC. The summed E-state index contributed by atoms with van der Waals surface area (Å²) in [5.41, 5.74) is 0.750. The van der Waals surface area contributed by atoms with Crippen molar-refractivity contribution in [3.05, 3.63) is 48.0 Å². The predicted octanol–water partition coefficient (Wildman–Crippen LogP) is 1.64. The van der Waals surface area contributed by atoms with E-state index in [1.165, 1.54) is 6.92 Å². The fourth-order valence-electron chi connectivity index (χ4n) is 3.26. The molecule has 0 saturated heterocycles. The molecule has 1 N–H and O–H groups in total. The van der Waals surface area contributed by atoms with Gasteiger partial charge in [-0.1, -0.05) is 49.4 Å². The average molecular weight is 415 g/mol. The highest BCUT2D eigenvalue weighted by Crippen LogP contribution is 2.21. The van der Waals surface area contributed by atoms with Gasteiger partial charge < -0.3 is 19.5 Å². The van der Waals surface area contributed by atoms with Crippen LogP contribution in [0.3, 0.4) is 0 Å². The summed E-state index contributed by atoms with van der Waals surface area (Å²) in [6.07, 6.45) is 0.00611. The van der Waals surface area contributed by atoms with Gasteiger partial charge in [0.1, 0.15) is 6.04 Å². The van der Waals surface area contributed by atoms with Gasteiger partial charge in [-0.3, -0.25) is 14.4 Å². The van der Waals surface area contributed by atoms with Gasteiger partial charge in [-0.25, -0.2) is 4.79 Å². The van der Waals surface area contributed by atoms with Crippen molar-refractivity contribution in [1.82, 2.24) is 5.32 Å². The summed E-state index contributed by atoms with van der Waals surface area (Å²) >= 11 is 0. The Morgan fingerprint density at radius 2 is 1.40 bits per heavy atom. The van der Waals surface area contributed by atoms with Crippen molar-refractivity contribution in [2.45, 2.75) is 19.4 Å². The van der Waals surface area contributed by atoms with Crippen LogP contribution < -0.4 is 5.32 Å². The van der Waals surface area contributed by atoms with Crippen LogP contribution in [0.2, 0.25) is 0 Å². The van der Waals surface area contributed by atoms with E-state index in [0.717, 1.165) is 37.7 Å². The molecule has 0 fully saturated rings. The number of nitrogens with one attached hydrogen (secondary N) is 1. The molecule has 2 atom stereocenters. The molecule has 30 heavy (non-hydrogen) atoms. The molecule has 0 aliphatic heterocycles. The first-order valence-electron chi connectivity index (χ1n) is 9.32. The summed E-state index contributed by atoms with van der Waals surface area (Å²) < 4.78 is 14.1. The summed E-state index contributed by atoms with van der Waals surface area (Å²) in [5, 5.41) is 4.60. The second-order valence-electron chi connectivity index (χ2n) is 6.81. The zero-order valence-corrected chi connectivity index (χ0v) is 17.3. The number of fused-ring (bicyclic) bond motifs is 1. The first kappa shape index (κ1) is 22.9. The van der Waals surface area contributed by atoms with Gasteiger partial charge in [0.15, 0.2) is 5.92 Å². The Kier molecular flexibility index (Phi) is 7.91. The highest BCUT2D eigenvalue weighted by molar-refractivity contribution is 5.96. The maximum absolute atomic E-state index is 12.6. The monoisotopic (exact) mass is 415 g/mol. The van der Waals surface area contributed by atoms with E-state index in [9.17, 15) is 19.2 Å². The first-order valence-corrected chi connectivity index (χ1v) is 9.32. The van der Waals surface area contributed by atoms with E-state index in [2.05, 4.69) is 14.8 Å². The molecule has 0 spiro atoms. The highest BCUT2D eigenvalue weighted by atomic mass is 16.5. The number of hydrogen-bond donors (Lipinski definition) is 1. The second kappa shape index (κ2) is 10.4. The van der Waals surface area contributed by atoms with E-state index < -0.39 is 41.7 Å². The fraction of sp³-hybridized carbons (Fsp3) is 0.364. The van der Waals surface area contributed by atoms with Crippen LogP contribution >= 0.6 is 0 Å². The molecule has 0 bridgehead atoms. The van der Waals surface area contributed by atoms with E-state index in [4.69, 9.17) is 4.74 Å². The molecule has 2 aromatic rings. The lowest BCUT2D eigenvalue weighted by Crippen LogP contribution is -2.51. The quantitative estimate of drug-likeness (QED) is 0.397. The Bertz CT molecular complexity index is 924. The number of amides is 1. The first-order chi connectivity index (χ1) is 14.3. The normalized spacial score (nSPS) is 12.7. The number of methoxy groups -OCH3 is 3. The molecule has 0 aromatic heterocycles. The van der Waals surface area contributed by atoms with Crippen LogP contribution in [0, 0.1) is 11.8 Å². The maximum Gasteiger partial charge on any atom is 0.328 e. The van der Waals surface area contributed by atoms with Crippen LogP contribution in [-0.4, -0.2) is 51.2 Å². The van der Waals surface area contributed by atoms with Crippen LogP contribution in [0.25, 0.3) is 10.8 Å². The molecule has 1 amide bonds. The van der Waals surface area contributed by atoms with E-state index in [1.807, 2.05) is 42.5 Å². The maximum atomic E-state index is 12.6. The zero-order valence-electron chi connectivity index (χ0n) is 17.3. The number of carbonyl (C=O) groups is 4. The van der Waals surface area contributed by atoms with E-state index >= 15 is 0 Å². The molecule has 0 saturated carbocycles. The van der Waals surface area contributed by atoms with Crippen molar-refractivity contribution >= 4 is 34.6 Å². The van der Waals surface area contributed by atoms with Crippen molar-refractivity contribution in [3.8, 4) is 0 Å². The third kappa shape index (κ3) is 5.34. The van der Waals surface area contributed by atoms with Crippen molar-refractivity contribution in [1.29, 1.82) is 0 Å². The molecule has 2 rings (SSSR count). The number of esters is 3. The summed E-state index contributed by atoms with van der Waals surface area (Å²) in [7, 11) is 3.40. The summed E-state index contributed by atoms with van der Waals surface area (Å²) in [6, 6.07) is 12.1. The Labute approximate surface area is 174 Å². The Balaban J connectivity index is 2.21. The van der Waals surface area contributed by atoms with E-state index in [1.54, 1.807) is 0 Å². The topological polar surface area (TPSA) is 108 Å². The van der Waals surface area contributed by atoms with Gasteiger partial charge >= 0.3 is 17.9 Å². The molecular formula is C22H25NO7. The van der Waals surface area contributed by atoms with Gasteiger partial charge in [-0.05, 0) is 16.3 Å². The smallest absolute Gasteiger partial charge is 0.328 e. The summed E-state index contributed by atoms with van der Waals surface area (Å²) in [5.74, 6) is -5.34. The van der Waals surface area contributed by atoms with Gasteiger partial charge in [-0.15, -0.1) is 0 Å². The van der Waals surface area contributed by atoms with Crippen molar-refractivity contribution in [2.75, 3.05) is 21.3 Å². The number of benzene rings is 2. The third-order valence-corrected chi connectivity index (χ3v) is 4.91. The summed E-state index contributed by atoms with van der Waals surface area (Å²) in [4.78, 5) is 49.1. The van der Waals surface area contributed by atoms with Gasteiger partial charge in [-0.2, -0.15) is 0 Å². The lowest BCUT2D eigenvalue weighted by atomic mass is 9.87. The van der Waals surface area contributed by atoms with Gasteiger partial charge in [0.2, 0.25) is 5.91 Å². The van der Waals surface area contributed by atoms with Gasteiger partial charge in [0.25, 0.3) is 0 Å². The Hall–Kier alpha value is -3.42. The number of rotatable bonds is 8. The van der Waals surface area contributed by atoms with Crippen molar-refractivity contribution in [2.24, 2.45) is 11.8 Å². The lowest BCUT2D eigenvalue weighted by Gasteiger charge is -2.27. The van der Waals surface area contributed by atoms with Gasteiger partial charge in [0.05, 0.1) is 27.8 Å². The molecule has 8 heteroatoms. The zero-order chi connectivity index (χ0) is 22.3. The van der Waals surface area contributed by atoms with E-state index in [0.29, 0.717) is 0 Å². The van der Waals surface area contributed by atoms with Crippen LogP contribution in [0.1, 0.15) is 12.5 Å². The second-order valence-corrected chi connectivity index (χ2v) is 6.81. The molecule has 2 aromatic carbocycles. The molecule has 0 unspecified atom stereocenters. The Morgan fingerprint density at radius 3 is 1.97 bits per heavy atom. The third-order valence-electron chi connectivity index (χ3n) is 4.91. The minimum absolute atomic E-state index is 0.00611. The molecule has 8 nitrogen and oxygen atoms in total. The molecule has 0 aliphatic rings. The standard InChI is InChI=1S/C22H25NO7/c1-13(18(20(25)28-2)21(26)29-3)19(22(27)30-4)23-17(24)12-14-9-10-15-7-5-6-8-16(15)11-14/h5-11,13,18-19H,12H2,1-4H3,(H,23,24)/t13-,19-/m0/s1. The fourth-order valence-corrected chi connectivity index (χ4v) is 3.26. The van der Waals surface area contributed by atoms with Crippen molar-refractivity contribution < 1.29 is 33.4 Å². The van der Waals surface area contributed by atoms with E-state index in [-0.39, 0.29) is 6.42 Å². The number of carbonyl (C=O) groups excluding carboxylic acids is 4. The van der Waals surface area contributed by atoms with Gasteiger partial charge in [0, 0.05) is 5.92 Å². The minimum atomic E-state index is -1.40. The van der Waals surface area contributed by atoms with Crippen LogP contribution in [0.5, 0.6) is 0 Å². The number of ether oxygens (including phenoxy) is 3. The average Bonchev–Trinajstić information content (AvgIpc) is 2.76. The number of hydrogen-bond acceptors (Lipinski definition) is 7. The van der Waals surface area contributed by atoms with Crippen LogP contribution in [0.4, 0.5) is 0 Å². The van der Waals surface area contributed by atoms with Crippen molar-refractivity contribution in [3.63, 3.8) is 0 Å². The molecule has 0 radical (unpaired) electrons. The molecule has 0 heterocycles.